The highest BCUT2D eigenvalue weighted by atomic mass is 79.9. The van der Waals surface area contributed by atoms with E-state index in [0.717, 1.165) is 51.7 Å². The Morgan fingerprint density at radius 1 is 1.15 bits per heavy atom. The number of nitrogens with zero attached hydrogens (tertiary/aromatic N) is 2. The molecule has 0 aliphatic carbocycles. The molecule has 0 spiro atoms. The van der Waals surface area contributed by atoms with Gasteiger partial charge in [-0.2, -0.15) is 0 Å². The first-order valence-corrected chi connectivity index (χ1v) is 10.6. The zero-order valence-corrected chi connectivity index (χ0v) is 18.4. The third-order valence-electron chi connectivity index (χ3n) is 4.77. The second-order valence-electron chi connectivity index (χ2n) is 6.78. The van der Waals surface area contributed by atoms with Crippen LogP contribution in [0.5, 0.6) is 0 Å². The molecule has 1 aromatic carbocycles. The van der Waals surface area contributed by atoms with Crippen molar-refractivity contribution in [3.8, 4) is 5.69 Å². The molecule has 0 saturated carbocycles. The second-order valence-corrected chi connectivity index (χ2v) is 8.63. The third kappa shape index (κ3) is 3.92. The van der Waals surface area contributed by atoms with Crippen LogP contribution in [0.3, 0.4) is 0 Å². The van der Waals surface area contributed by atoms with Gasteiger partial charge in [-0.3, -0.25) is 14.5 Å². The molecule has 27 heavy (non-hydrogen) atoms. The van der Waals surface area contributed by atoms with Gasteiger partial charge in [0.05, 0.1) is 4.91 Å². The lowest BCUT2D eigenvalue weighted by Gasteiger charge is -2.11. The number of hydrogen-bond acceptors (Lipinski definition) is 3. The molecule has 2 amide bonds. The van der Waals surface area contributed by atoms with Crippen LogP contribution in [-0.4, -0.2) is 27.2 Å². The van der Waals surface area contributed by atoms with Gasteiger partial charge in [0.2, 0.25) is 0 Å². The lowest BCUT2D eigenvalue weighted by Crippen LogP contribution is -2.29. The van der Waals surface area contributed by atoms with Gasteiger partial charge in [-0.15, -0.1) is 0 Å². The summed E-state index contributed by atoms with van der Waals surface area (Å²) in [5.41, 5.74) is 5.36. The van der Waals surface area contributed by atoms with Crippen molar-refractivity contribution in [3.63, 3.8) is 0 Å². The quantitative estimate of drug-likeness (QED) is 0.528. The minimum atomic E-state index is -0.178. The number of carbonyl (C=O) groups is 2. The maximum absolute atomic E-state index is 12.6. The van der Waals surface area contributed by atoms with Crippen molar-refractivity contribution in [1.82, 2.24) is 9.47 Å². The summed E-state index contributed by atoms with van der Waals surface area (Å²) in [4.78, 5) is 26.6. The average Bonchev–Trinajstić information content (AvgIpc) is 3.05. The summed E-state index contributed by atoms with van der Waals surface area (Å²) >= 11 is 4.58. The van der Waals surface area contributed by atoms with Crippen LogP contribution in [0.4, 0.5) is 4.79 Å². The van der Waals surface area contributed by atoms with E-state index < -0.39 is 0 Å². The number of unbranched alkanes of at least 4 members (excludes halogenated alkanes) is 1. The van der Waals surface area contributed by atoms with Crippen molar-refractivity contribution in [3.05, 3.63) is 56.2 Å². The Kier molecular flexibility index (Phi) is 5.96. The van der Waals surface area contributed by atoms with Crippen molar-refractivity contribution >= 4 is 44.9 Å². The van der Waals surface area contributed by atoms with Crippen LogP contribution in [0.25, 0.3) is 11.8 Å². The maximum atomic E-state index is 12.6. The molecule has 2 heterocycles. The van der Waals surface area contributed by atoms with Gasteiger partial charge < -0.3 is 4.57 Å². The molecular weight excluding hydrogens is 424 g/mol. The van der Waals surface area contributed by atoms with Gasteiger partial charge in [-0.25, -0.2) is 0 Å². The number of aryl methyl sites for hydroxylation is 2. The Bertz CT molecular complexity index is 946. The second kappa shape index (κ2) is 8.07. The zero-order valence-electron chi connectivity index (χ0n) is 16.0. The van der Waals surface area contributed by atoms with Crippen LogP contribution in [0, 0.1) is 20.8 Å². The van der Waals surface area contributed by atoms with E-state index in [1.54, 1.807) is 0 Å². The highest BCUT2D eigenvalue weighted by Gasteiger charge is 2.34. The van der Waals surface area contributed by atoms with Gasteiger partial charge in [0.15, 0.2) is 0 Å². The van der Waals surface area contributed by atoms with E-state index in [1.165, 1.54) is 10.5 Å². The summed E-state index contributed by atoms with van der Waals surface area (Å²) < 4.78 is 3.25. The predicted octanol–water partition coefficient (Wildman–Crippen LogP) is 6.00. The molecule has 0 radical (unpaired) electrons. The van der Waals surface area contributed by atoms with Crippen molar-refractivity contribution in [2.45, 2.75) is 40.5 Å². The molecule has 1 fully saturated rings. The van der Waals surface area contributed by atoms with Crippen LogP contribution in [0.2, 0.25) is 0 Å². The van der Waals surface area contributed by atoms with E-state index in [-0.39, 0.29) is 11.1 Å². The molecule has 0 unspecified atom stereocenters. The van der Waals surface area contributed by atoms with Crippen molar-refractivity contribution in [2.75, 3.05) is 6.54 Å². The summed E-state index contributed by atoms with van der Waals surface area (Å²) in [7, 11) is 0. The molecule has 0 atom stereocenters. The molecule has 2 aromatic rings. The SMILES string of the molecule is CCCCN1C(=O)S/C(=C\c2cc(C)n(-c3ccc(Br)c(C)c3)c2C)C1=O. The molecule has 1 aromatic heterocycles. The minimum Gasteiger partial charge on any atom is -0.318 e. The number of halogens is 1. The normalized spacial score (nSPS) is 16.0. The monoisotopic (exact) mass is 446 g/mol. The van der Waals surface area contributed by atoms with Crippen LogP contribution in [0.15, 0.2) is 33.6 Å². The number of carbonyl (C=O) groups excluding carboxylic acids is 2. The molecule has 0 N–H and O–H groups in total. The summed E-state index contributed by atoms with van der Waals surface area (Å²) in [6, 6.07) is 8.31. The van der Waals surface area contributed by atoms with Crippen LogP contribution >= 0.6 is 27.7 Å². The van der Waals surface area contributed by atoms with Gasteiger partial charge >= 0.3 is 0 Å². The smallest absolute Gasteiger partial charge is 0.293 e. The molecule has 1 aliphatic heterocycles. The molecule has 6 heteroatoms. The molecule has 4 nitrogen and oxygen atoms in total. The van der Waals surface area contributed by atoms with Gasteiger partial charge in [0.25, 0.3) is 11.1 Å². The fourth-order valence-electron chi connectivity index (χ4n) is 3.25. The molecular formula is C21H23BrN2O2S. The Labute approximate surface area is 172 Å². The lowest BCUT2D eigenvalue weighted by molar-refractivity contribution is -0.122. The predicted molar refractivity (Wildman–Crippen MR) is 115 cm³/mol. The molecule has 3 rings (SSSR count). The van der Waals surface area contributed by atoms with Crippen molar-refractivity contribution in [1.29, 1.82) is 0 Å². The number of hydrogen-bond donors (Lipinski definition) is 0. The van der Waals surface area contributed by atoms with Gasteiger partial charge in [-0.1, -0.05) is 29.3 Å². The van der Waals surface area contributed by atoms with Crippen LogP contribution < -0.4 is 0 Å². The molecule has 1 saturated heterocycles. The summed E-state index contributed by atoms with van der Waals surface area (Å²) in [6.45, 7) is 8.70. The van der Waals surface area contributed by atoms with E-state index in [2.05, 4.69) is 52.5 Å². The number of amides is 2. The van der Waals surface area contributed by atoms with E-state index in [4.69, 9.17) is 0 Å². The largest absolute Gasteiger partial charge is 0.318 e. The summed E-state index contributed by atoms with van der Waals surface area (Å²) in [5.74, 6) is -0.178. The summed E-state index contributed by atoms with van der Waals surface area (Å²) in [5, 5.41) is -0.169. The van der Waals surface area contributed by atoms with E-state index >= 15 is 0 Å². The van der Waals surface area contributed by atoms with E-state index in [1.807, 2.05) is 26.0 Å². The topological polar surface area (TPSA) is 42.3 Å². The van der Waals surface area contributed by atoms with E-state index in [0.29, 0.717) is 11.4 Å². The number of aromatic nitrogens is 1. The van der Waals surface area contributed by atoms with E-state index in [9.17, 15) is 9.59 Å². The lowest BCUT2D eigenvalue weighted by atomic mass is 10.2. The molecule has 0 bridgehead atoms. The van der Waals surface area contributed by atoms with Gasteiger partial charge in [0.1, 0.15) is 0 Å². The Morgan fingerprint density at radius 3 is 2.56 bits per heavy atom. The highest BCUT2D eigenvalue weighted by molar-refractivity contribution is 9.10. The minimum absolute atomic E-state index is 0.169. The first-order chi connectivity index (χ1) is 12.8. The molecule has 142 valence electrons. The first kappa shape index (κ1) is 20.0. The Balaban J connectivity index is 1.95. The fourth-order valence-corrected chi connectivity index (χ4v) is 4.35. The number of thioether (sulfide) groups is 1. The van der Waals surface area contributed by atoms with Crippen LogP contribution in [0.1, 0.15) is 42.3 Å². The zero-order chi connectivity index (χ0) is 19.7. The fraction of sp³-hybridized carbons (Fsp3) is 0.333. The maximum Gasteiger partial charge on any atom is 0.293 e. The number of benzene rings is 1. The van der Waals surface area contributed by atoms with Gasteiger partial charge in [-0.05, 0) is 80.4 Å². The highest BCUT2D eigenvalue weighted by Crippen LogP contribution is 2.34. The first-order valence-electron chi connectivity index (χ1n) is 9.04. The van der Waals surface area contributed by atoms with Crippen molar-refractivity contribution < 1.29 is 9.59 Å². The number of rotatable bonds is 5. The summed E-state index contributed by atoms with van der Waals surface area (Å²) in [6.07, 6.45) is 3.64. The molecule has 1 aliphatic rings. The van der Waals surface area contributed by atoms with Gasteiger partial charge in [0, 0.05) is 28.1 Å². The third-order valence-corrected chi connectivity index (χ3v) is 6.56. The standard InChI is InChI=1S/C21H23BrN2O2S/c1-5-6-9-23-20(25)19(27-21(23)26)12-16-11-14(3)24(15(16)4)17-7-8-18(22)13(2)10-17/h7-8,10-12H,5-6,9H2,1-4H3/b19-12-. The van der Waals surface area contributed by atoms with Crippen molar-refractivity contribution in [2.24, 2.45) is 0 Å². The van der Waals surface area contributed by atoms with Crippen LogP contribution in [-0.2, 0) is 4.79 Å². The number of imide groups is 1. The average molecular weight is 447 g/mol. The Morgan fingerprint density at radius 2 is 1.89 bits per heavy atom. The Hall–Kier alpha value is -1.79.